The molecule has 0 atom stereocenters. The fourth-order valence-electron chi connectivity index (χ4n) is 2.48. The van der Waals surface area contributed by atoms with Gasteiger partial charge in [-0.2, -0.15) is 41.3 Å². The Bertz CT molecular complexity index is 986. The zero-order chi connectivity index (χ0) is 22.8. The van der Waals surface area contributed by atoms with Crippen LogP contribution in [0.2, 0.25) is 0 Å². The highest BCUT2D eigenvalue weighted by molar-refractivity contribution is 5.60. The van der Waals surface area contributed by atoms with E-state index in [9.17, 15) is 26.3 Å². The van der Waals surface area contributed by atoms with E-state index in [1.54, 1.807) is 14.1 Å². The number of alkyl halides is 6. The molecule has 31 heavy (non-hydrogen) atoms. The summed E-state index contributed by atoms with van der Waals surface area (Å²) in [5, 5.41) is 5.33. The Morgan fingerprint density at radius 3 is 1.45 bits per heavy atom. The highest BCUT2D eigenvalue weighted by Gasteiger charge is 2.31. The van der Waals surface area contributed by atoms with Gasteiger partial charge in [0.15, 0.2) is 0 Å². The highest BCUT2D eigenvalue weighted by Crippen LogP contribution is 2.32. The third-order valence-electron chi connectivity index (χ3n) is 3.92. The molecule has 1 heterocycles. The molecule has 0 radical (unpaired) electrons. The van der Waals surface area contributed by atoms with Crippen LogP contribution in [-0.4, -0.2) is 29.0 Å². The summed E-state index contributed by atoms with van der Waals surface area (Å²) >= 11 is 0. The first-order chi connectivity index (χ1) is 14.4. The summed E-state index contributed by atoms with van der Waals surface area (Å²) in [5.74, 6) is -0.0426. The minimum Gasteiger partial charge on any atom is -0.347 e. The molecule has 12 heteroatoms. The lowest BCUT2D eigenvalue weighted by molar-refractivity contribution is -0.138. The average molecular weight is 442 g/mol. The third kappa shape index (κ3) is 5.74. The molecule has 0 saturated heterocycles. The van der Waals surface area contributed by atoms with Gasteiger partial charge < -0.3 is 15.5 Å². The molecular weight excluding hydrogens is 426 g/mol. The molecule has 0 amide bonds. The lowest BCUT2D eigenvalue weighted by atomic mass is 10.2. The molecule has 0 saturated carbocycles. The molecule has 6 nitrogen and oxygen atoms in total. The van der Waals surface area contributed by atoms with Gasteiger partial charge in [-0.05, 0) is 36.4 Å². The van der Waals surface area contributed by atoms with Crippen molar-refractivity contribution in [2.24, 2.45) is 0 Å². The lowest BCUT2D eigenvalue weighted by Gasteiger charge is -2.15. The van der Waals surface area contributed by atoms with Crippen LogP contribution in [0.5, 0.6) is 0 Å². The average Bonchev–Trinajstić information content (AvgIpc) is 2.67. The first kappa shape index (κ1) is 22.1. The van der Waals surface area contributed by atoms with Crippen LogP contribution in [-0.2, 0) is 12.4 Å². The molecule has 164 valence electrons. The number of hydrogen-bond acceptors (Lipinski definition) is 6. The number of nitrogens with one attached hydrogen (secondary N) is 2. The first-order valence-corrected chi connectivity index (χ1v) is 8.74. The number of aromatic nitrogens is 3. The van der Waals surface area contributed by atoms with Crippen molar-refractivity contribution in [1.29, 1.82) is 0 Å². The number of hydrogen-bond donors (Lipinski definition) is 2. The normalized spacial score (nSPS) is 11.9. The van der Waals surface area contributed by atoms with E-state index < -0.39 is 23.5 Å². The van der Waals surface area contributed by atoms with E-state index >= 15 is 0 Å². The molecule has 0 aliphatic carbocycles. The number of anilines is 5. The van der Waals surface area contributed by atoms with Crippen LogP contribution >= 0.6 is 0 Å². The number of halogens is 6. The summed E-state index contributed by atoms with van der Waals surface area (Å²) in [7, 11) is 3.24. The van der Waals surface area contributed by atoms with Crippen molar-refractivity contribution in [3.05, 3.63) is 59.7 Å². The van der Waals surface area contributed by atoms with Crippen LogP contribution < -0.4 is 15.5 Å². The summed E-state index contributed by atoms with van der Waals surface area (Å²) in [6, 6.07) is 8.86. The molecule has 2 aromatic carbocycles. The van der Waals surface area contributed by atoms with Crippen LogP contribution in [0.3, 0.4) is 0 Å². The molecule has 0 aliphatic rings. The SMILES string of the molecule is CN(C)c1nc(Nc2cccc(C(F)(F)F)c2)nc(Nc2cccc(C(F)(F)F)c2)n1. The second-order valence-corrected chi connectivity index (χ2v) is 6.58. The van der Waals surface area contributed by atoms with Gasteiger partial charge in [0.2, 0.25) is 17.8 Å². The first-order valence-electron chi connectivity index (χ1n) is 8.74. The maximum Gasteiger partial charge on any atom is 0.416 e. The monoisotopic (exact) mass is 442 g/mol. The Kier molecular flexibility index (Phi) is 5.91. The Morgan fingerprint density at radius 1 is 0.677 bits per heavy atom. The van der Waals surface area contributed by atoms with Crippen LogP contribution in [0.15, 0.2) is 48.5 Å². The molecule has 3 rings (SSSR count). The van der Waals surface area contributed by atoms with Crippen molar-refractivity contribution in [3.8, 4) is 0 Å². The summed E-state index contributed by atoms with van der Waals surface area (Å²) in [4.78, 5) is 13.8. The van der Waals surface area contributed by atoms with Crippen LogP contribution in [0.1, 0.15) is 11.1 Å². The lowest BCUT2D eigenvalue weighted by Crippen LogP contribution is -2.16. The van der Waals surface area contributed by atoms with Crippen LogP contribution in [0, 0.1) is 0 Å². The zero-order valence-corrected chi connectivity index (χ0v) is 16.2. The quantitative estimate of drug-likeness (QED) is 0.512. The minimum atomic E-state index is -4.53. The van der Waals surface area contributed by atoms with Gasteiger partial charge >= 0.3 is 12.4 Å². The third-order valence-corrected chi connectivity index (χ3v) is 3.92. The van der Waals surface area contributed by atoms with Crippen molar-refractivity contribution in [2.75, 3.05) is 29.6 Å². The smallest absolute Gasteiger partial charge is 0.347 e. The summed E-state index contributed by atoms with van der Waals surface area (Å²) in [5.41, 5.74) is -1.56. The second-order valence-electron chi connectivity index (χ2n) is 6.58. The van der Waals surface area contributed by atoms with Gasteiger partial charge in [0.1, 0.15) is 0 Å². The minimum absolute atomic E-state index is 0.0794. The molecule has 0 unspecified atom stereocenters. The van der Waals surface area contributed by atoms with Gasteiger partial charge in [0.05, 0.1) is 11.1 Å². The Labute approximate surface area is 173 Å². The van der Waals surface area contributed by atoms with Crippen molar-refractivity contribution < 1.29 is 26.3 Å². The number of benzene rings is 2. The fourth-order valence-corrected chi connectivity index (χ4v) is 2.48. The summed E-state index contributed by atoms with van der Waals surface area (Å²) in [6.45, 7) is 0. The van der Waals surface area contributed by atoms with Crippen LogP contribution in [0.4, 0.5) is 55.6 Å². The molecule has 1 aromatic heterocycles. The van der Waals surface area contributed by atoms with Gasteiger partial charge in [-0.25, -0.2) is 0 Å². The number of rotatable bonds is 5. The van der Waals surface area contributed by atoms with Gasteiger partial charge in [0.25, 0.3) is 0 Å². The topological polar surface area (TPSA) is 66.0 Å². The van der Waals surface area contributed by atoms with Crippen molar-refractivity contribution in [1.82, 2.24) is 15.0 Å². The van der Waals surface area contributed by atoms with Crippen molar-refractivity contribution in [3.63, 3.8) is 0 Å². The predicted molar refractivity (Wildman–Crippen MR) is 104 cm³/mol. The summed E-state index contributed by atoms with van der Waals surface area (Å²) in [6.07, 6.45) is -9.05. The van der Waals surface area contributed by atoms with E-state index in [-0.39, 0.29) is 29.2 Å². The van der Waals surface area contributed by atoms with Crippen molar-refractivity contribution in [2.45, 2.75) is 12.4 Å². The molecule has 2 N–H and O–H groups in total. The molecule has 0 fully saturated rings. The van der Waals surface area contributed by atoms with E-state index in [1.165, 1.54) is 29.2 Å². The maximum atomic E-state index is 12.9. The molecule has 0 aliphatic heterocycles. The van der Waals surface area contributed by atoms with E-state index in [4.69, 9.17) is 0 Å². The van der Waals surface area contributed by atoms with Gasteiger partial charge in [-0.1, -0.05) is 12.1 Å². The van der Waals surface area contributed by atoms with Gasteiger partial charge in [-0.15, -0.1) is 0 Å². The molecule has 0 bridgehead atoms. The molecule has 0 spiro atoms. The standard InChI is InChI=1S/C19H16F6N6/c1-31(2)17-29-15(26-13-7-3-5-11(9-13)18(20,21)22)28-16(30-17)27-14-8-4-6-12(10-14)19(23,24)25/h3-10H,1-2H3,(H2,26,27,28,29,30). The maximum absolute atomic E-state index is 12.9. The molecular formula is C19H16F6N6. The van der Waals surface area contributed by atoms with Gasteiger partial charge in [-0.3, -0.25) is 0 Å². The van der Waals surface area contributed by atoms with E-state index in [0.29, 0.717) is 0 Å². The van der Waals surface area contributed by atoms with E-state index in [1.807, 2.05) is 0 Å². The molecule has 3 aromatic rings. The fraction of sp³-hybridized carbons (Fsp3) is 0.211. The Balaban J connectivity index is 1.92. The second kappa shape index (κ2) is 8.28. The van der Waals surface area contributed by atoms with Crippen molar-refractivity contribution >= 4 is 29.2 Å². The highest BCUT2D eigenvalue weighted by atomic mass is 19.4. The zero-order valence-electron chi connectivity index (χ0n) is 16.2. The summed E-state index contributed by atoms with van der Waals surface area (Å²) < 4.78 is 77.6. The van der Waals surface area contributed by atoms with Crippen LogP contribution in [0.25, 0.3) is 0 Å². The van der Waals surface area contributed by atoms with E-state index in [2.05, 4.69) is 25.6 Å². The predicted octanol–water partition coefficient (Wildman–Crippen LogP) is 5.46. The number of nitrogens with zero attached hydrogens (tertiary/aromatic N) is 4. The largest absolute Gasteiger partial charge is 0.416 e. The van der Waals surface area contributed by atoms with Gasteiger partial charge in [0, 0.05) is 25.5 Å². The van der Waals surface area contributed by atoms with E-state index in [0.717, 1.165) is 24.3 Å². The Hall–Kier alpha value is -3.57. The Morgan fingerprint density at radius 2 is 1.10 bits per heavy atom.